The molecule has 0 spiro atoms. The molecule has 44 heavy (non-hydrogen) atoms. The molecule has 2 aromatic heterocycles. The molecule has 9 nitrogen and oxygen atoms in total. The van der Waals surface area contributed by atoms with Gasteiger partial charge in [-0.2, -0.15) is 0 Å². The summed E-state index contributed by atoms with van der Waals surface area (Å²) in [4.78, 5) is 29.6. The van der Waals surface area contributed by atoms with Gasteiger partial charge in [0.1, 0.15) is 16.8 Å². The zero-order valence-electron chi connectivity index (χ0n) is 25.4. The van der Waals surface area contributed by atoms with E-state index < -0.39 is 16.4 Å². The van der Waals surface area contributed by atoms with Crippen LogP contribution in [0.3, 0.4) is 0 Å². The standard InChI is InChI=1S/C32H37FN6O2S2.H2O/c1-31(2,3)27-17-35-30(42-27)29(40)32-14-20(16-34)26(37-23-8-6-22(33)7-9-23)13-21(32)5-10-25(15-32)39(24-11-12-24)43(41)28-18-38(4)19-36-28;/h6-9,13,16-19,24-25H,5,10-12,14-15,34H2,1-4H3;1H2/b20-16-,37-26?;/t25-,32-,43?;/m0./s1. The maximum atomic E-state index is 14.7. The minimum atomic E-state index is -1.44. The predicted molar refractivity (Wildman–Crippen MR) is 172 cm³/mol. The summed E-state index contributed by atoms with van der Waals surface area (Å²) in [6, 6.07) is 6.12. The van der Waals surface area contributed by atoms with Gasteiger partial charge in [-0.1, -0.05) is 26.3 Å². The first-order valence-corrected chi connectivity index (χ1v) is 16.6. The van der Waals surface area contributed by atoms with Gasteiger partial charge in [0, 0.05) is 36.4 Å². The Morgan fingerprint density at radius 1 is 1.20 bits per heavy atom. The van der Waals surface area contributed by atoms with Gasteiger partial charge in [0.25, 0.3) is 0 Å². The Labute approximate surface area is 263 Å². The van der Waals surface area contributed by atoms with Crippen molar-refractivity contribution in [2.75, 3.05) is 0 Å². The number of imidazole rings is 1. The van der Waals surface area contributed by atoms with Crippen LogP contribution in [0.4, 0.5) is 10.1 Å². The third-order valence-corrected chi connectivity index (χ3v) is 11.5. The highest BCUT2D eigenvalue weighted by Crippen LogP contribution is 2.53. The van der Waals surface area contributed by atoms with Crippen LogP contribution in [-0.2, 0) is 23.4 Å². The number of Topliss-reactive ketones (excluding diaryl/α,β-unsaturated/α-hetero) is 1. The molecule has 234 valence electrons. The van der Waals surface area contributed by atoms with E-state index in [1.165, 1.54) is 29.7 Å². The maximum absolute atomic E-state index is 14.7. The van der Waals surface area contributed by atoms with Crippen LogP contribution in [0.25, 0.3) is 0 Å². The number of fused-ring (bicyclic) bond motifs is 1. The zero-order chi connectivity index (χ0) is 30.5. The van der Waals surface area contributed by atoms with Gasteiger partial charge in [0.15, 0.2) is 10.0 Å². The molecular weight excluding hydrogens is 600 g/mol. The van der Waals surface area contributed by atoms with E-state index in [2.05, 4.69) is 35.0 Å². The van der Waals surface area contributed by atoms with E-state index in [1.54, 1.807) is 24.7 Å². The number of benzene rings is 1. The quantitative estimate of drug-likeness (QED) is 0.348. The lowest BCUT2D eigenvalue weighted by atomic mass is 9.60. The molecule has 3 atom stereocenters. The predicted octanol–water partition coefficient (Wildman–Crippen LogP) is 5.34. The molecule has 3 aliphatic carbocycles. The molecule has 12 heteroatoms. The Bertz CT molecular complexity index is 1660. The molecule has 0 aliphatic heterocycles. The van der Waals surface area contributed by atoms with Gasteiger partial charge in [-0.25, -0.2) is 27.9 Å². The van der Waals surface area contributed by atoms with Crippen LogP contribution in [0.2, 0.25) is 0 Å². The second-order valence-electron chi connectivity index (χ2n) is 12.8. The van der Waals surface area contributed by atoms with Gasteiger partial charge in [-0.15, -0.1) is 11.3 Å². The van der Waals surface area contributed by atoms with Crippen LogP contribution in [0.5, 0.6) is 0 Å². The number of hydrogen-bond acceptors (Lipinski definition) is 7. The summed E-state index contributed by atoms with van der Waals surface area (Å²) < 4.78 is 31.4. The van der Waals surface area contributed by atoms with Crippen LogP contribution < -0.4 is 5.73 Å². The summed E-state index contributed by atoms with van der Waals surface area (Å²) in [5.74, 6) is -0.353. The molecule has 1 unspecified atom stereocenters. The van der Waals surface area contributed by atoms with Gasteiger partial charge >= 0.3 is 0 Å². The first-order valence-electron chi connectivity index (χ1n) is 14.6. The van der Waals surface area contributed by atoms with E-state index in [1.807, 2.05) is 23.9 Å². The number of rotatable bonds is 7. The summed E-state index contributed by atoms with van der Waals surface area (Å²) in [6.07, 6.45) is 13.0. The van der Waals surface area contributed by atoms with Crippen molar-refractivity contribution in [3.05, 3.63) is 82.1 Å². The van der Waals surface area contributed by atoms with Crippen molar-refractivity contribution < 1.29 is 18.9 Å². The molecule has 1 aromatic carbocycles. The van der Waals surface area contributed by atoms with Gasteiger partial charge in [-0.05, 0) is 86.1 Å². The Hall–Kier alpha value is -3.32. The second-order valence-corrected chi connectivity index (χ2v) is 15.2. The van der Waals surface area contributed by atoms with E-state index >= 15 is 0 Å². The maximum Gasteiger partial charge on any atom is 0.201 e. The Morgan fingerprint density at radius 3 is 2.52 bits per heavy atom. The van der Waals surface area contributed by atoms with Crippen molar-refractivity contribution >= 4 is 39.5 Å². The van der Waals surface area contributed by atoms with E-state index in [0.717, 1.165) is 35.3 Å². The Balaban J connectivity index is 0.00000384. The van der Waals surface area contributed by atoms with Crippen molar-refractivity contribution in [2.24, 2.45) is 23.2 Å². The largest absolute Gasteiger partial charge is 0.412 e. The number of aliphatic imine (C=N–C) groups is 1. The molecule has 2 saturated carbocycles. The van der Waals surface area contributed by atoms with Crippen molar-refractivity contribution in [1.82, 2.24) is 18.8 Å². The van der Waals surface area contributed by atoms with Gasteiger partial charge in [0.2, 0.25) is 5.78 Å². The zero-order valence-corrected chi connectivity index (χ0v) is 27.1. The fourth-order valence-electron chi connectivity index (χ4n) is 6.12. The normalized spacial score (nSPS) is 24.6. The fourth-order valence-corrected chi connectivity index (χ4v) is 8.68. The summed E-state index contributed by atoms with van der Waals surface area (Å²) in [5, 5.41) is 1.02. The number of aryl methyl sites for hydroxylation is 1. The number of halogens is 1. The Morgan fingerprint density at radius 2 is 1.93 bits per heavy atom. The van der Waals surface area contributed by atoms with E-state index in [-0.39, 0.29) is 34.6 Å². The Kier molecular flexibility index (Phi) is 8.92. The molecule has 3 aromatic rings. The summed E-state index contributed by atoms with van der Waals surface area (Å²) in [5.41, 5.74) is 8.21. The fraction of sp³-hybridized carbons (Fsp3) is 0.438. The topological polar surface area (TPSA) is 138 Å². The van der Waals surface area contributed by atoms with Crippen molar-refractivity contribution in [1.29, 1.82) is 0 Å². The SMILES string of the molecule is Cn1cnc(S(=O)N(C2CC2)[C@H]2CCC3=CC(=Nc4ccc(F)cc4)/C(=C\N)C[C@]3(C(=O)c3ncc(C(C)(C)C)s3)C2)c1.O. The molecule has 4 N–H and O–H groups in total. The lowest BCUT2D eigenvalue weighted by molar-refractivity contribution is 0.0742. The molecule has 2 fully saturated rings. The number of aromatic nitrogens is 3. The van der Waals surface area contributed by atoms with Crippen LogP contribution >= 0.6 is 11.3 Å². The van der Waals surface area contributed by atoms with Gasteiger partial charge < -0.3 is 15.8 Å². The summed E-state index contributed by atoms with van der Waals surface area (Å²) in [7, 11) is 0.426. The van der Waals surface area contributed by atoms with Crippen molar-refractivity contribution in [3.63, 3.8) is 0 Å². The number of nitrogens with zero attached hydrogens (tertiary/aromatic N) is 5. The average Bonchev–Trinajstić information content (AvgIpc) is 3.48. The number of hydrogen-bond donors (Lipinski definition) is 1. The van der Waals surface area contributed by atoms with Crippen LogP contribution in [0, 0.1) is 11.2 Å². The summed E-state index contributed by atoms with van der Waals surface area (Å²) >= 11 is 1.45. The van der Waals surface area contributed by atoms with E-state index in [0.29, 0.717) is 40.7 Å². The minimum Gasteiger partial charge on any atom is -0.412 e. The molecule has 3 aliphatic rings. The number of ketones is 1. The molecule has 0 amide bonds. The molecule has 6 rings (SSSR count). The summed E-state index contributed by atoms with van der Waals surface area (Å²) in [6.45, 7) is 6.34. The van der Waals surface area contributed by atoms with Crippen LogP contribution in [-0.4, -0.2) is 52.1 Å². The highest BCUT2D eigenvalue weighted by molar-refractivity contribution is 7.82. The van der Waals surface area contributed by atoms with Crippen LogP contribution in [0.15, 0.2) is 76.4 Å². The van der Waals surface area contributed by atoms with Crippen LogP contribution in [0.1, 0.15) is 74.0 Å². The highest BCUT2D eigenvalue weighted by Gasteiger charge is 2.53. The lowest BCUT2D eigenvalue weighted by Gasteiger charge is -2.47. The van der Waals surface area contributed by atoms with Gasteiger partial charge in [0.05, 0.1) is 23.1 Å². The molecule has 0 radical (unpaired) electrons. The first kappa shape index (κ1) is 32.1. The van der Waals surface area contributed by atoms with Crippen molar-refractivity contribution in [2.45, 2.75) is 81.8 Å². The number of carbonyl (C=O) groups excluding carboxylic acids is 1. The van der Waals surface area contributed by atoms with Crippen molar-refractivity contribution in [3.8, 4) is 0 Å². The number of nitrogens with two attached hydrogens (primary N) is 1. The highest BCUT2D eigenvalue weighted by atomic mass is 32.2. The number of allylic oxidation sites excluding steroid dienone is 3. The average molecular weight is 639 g/mol. The molecule has 2 heterocycles. The molecule has 0 saturated heterocycles. The number of thiazole rings is 1. The number of carbonyl (C=O) groups is 1. The molecule has 0 bridgehead atoms. The third kappa shape index (κ3) is 6.13. The minimum absolute atomic E-state index is 0. The third-order valence-electron chi connectivity index (χ3n) is 8.55. The van der Waals surface area contributed by atoms with Gasteiger partial charge in [-0.3, -0.25) is 4.79 Å². The lowest BCUT2D eigenvalue weighted by Crippen LogP contribution is -2.50. The molecular formula is C32H39FN6O3S2. The van der Waals surface area contributed by atoms with E-state index in [9.17, 15) is 13.4 Å². The smallest absolute Gasteiger partial charge is 0.201 e. The monoisotopic (exact) mass is 638 g/mol. The van der Waals surface area contributed by atoms with E-state index in [4.69, 9.17) is 10.7 Å². The first-order chi connectivity index (χ1) is 20.5. The second kappa shape index (κ2) is 12.2.